The Morgan fingerprint density at radius 3 is 2.52 bits per heavy atom. The summed E-state index contributed by atoms with van der Waals surface area (Å²) in [6.07, 6.45) is 6.93. The Morgan fingerprint density at radius 1 is 1.20 bits per heavy atom. The van der Waals surface area contributed by atoms with Crippen LogP contribution in [0, 0.1) is 16.7 Å². The molecule has 4 atom stereocenters. The fourth-order valence-corrected chi connectivity index (χ4v) is 6.21. The largest absolute Gasteiger partial charge is 0.469 e. The molecular weight excluding hydrogens is 316 g/mol. The molecule has 0 aromatic carbocycles. The van der Waals surface area contributed by atoms with Crippen LogP contribution in [-0.2, 0) is 19.1 Å². The number of hydrogen-bond donors (Lipinski definition) is 0. The molecule has 2 aliphatic carbocycles. The van der Waals surface area contributed by atoms with Crippen molar-refractivity contribution in [3.8, 4) is 0 Å². The third-order valence-corrected chi connectivity index (χ3v) is 7.31. The molecule has 2 fully saturated rings. The maximum atomic E-state index is 13.0. The minimum Gasteiger partial charge on any atom is -0.469 e. The molecule has 3 aliphatic rings. The van der Waals surface area contributed by atoms with E-state index in [9.17, 15) is 9.59 Å². The summed E-state index contributed by atoms with van der Waals surface area (Å²) in [5.74, 6) is -0.0165. The number of carbonyl (C=O) groups is 2. The molecule has 1 saturated heterocycles. The molecule has 1 saturated carbocycles. The molecule has 4 heteroatoms. The molecule has 0 aromatic heterocycles. The molecular formula is C21H32O4. The lowest BCUT2D eigenvalue weighted by Gasteiger charge is -2.60. The zero-order chi connectivity index (χ0) is 18.7. The van der Waals surface area contributed by atoms with Gasteiger partial charge in [-0.05, 0) is 56.6 Å². The highest BCUT2D eigenvalue weighted by Crippen LogP contribution is 2.65. The molecule has 1 spiro atoms. The van der Waals surface area contributed by atoms with Gasteiger partial charge in [0.15, 0.2) is 5.78 Å². The van der Waals surface area contributed by atoms with Gasteiger partial charge in [0.05, 0.1) is 24.7 Å². The van der Waals surface area contributed by atoms with E-state index in [4.69, 9.17) is 9.47 Å². The van der Waals surface area contributed by atoms with Crippen LogP contribution in [0.2, 0.25) is 0 Å². The first kappa shape index (κ1) is 18.6. The number of hydrogen-bond acceptors (Lipinski definition) is 4. The van der Waals surface area contributed by atoms with Gasteiger partial charge in [-0.3, -0.25) is 9.59 Å². The van der Waals surface area contributed by atoms with Crippen molar-refractivity contribution in [3.63, 3.8) is 0 Å². The molecule has 0 radical (unpaired) electrons. The number of rotatable bonds is 2. The lowest BCUT2D eigenvalue weighted by molar-refractivity contribution is -0.194. The predicted octanol–water partition coefficient (Wildman–Crippen LogP) is 4.22. The van der Waals surface area contributed by atoms with Gasteiger partial charge < -0.3 is 9.47 Å². The monoisotopic (exact) mass is 348 g/mol. The summed E-state index contributed by atoms with van der Waals surface area (Å²) >= 11 is 0. The van der Waals surface area contributed by atoms with Gasteiger partial charge in [0.25, 0.3) is 0 Å². The van der Waals surface area contributed by atoms with Crippen molar-refractivity contribution in [1.29, 1.82) is 0 Å². The Kier molecular flexibility index (Phi) is 4.22. The zero-order valence-corrected chi connectivity index (χ0v) is 16.5. The van der Waals surface area contributed by atoms with Gasteiger partial charge in [0, 0.05) is 11.3 Å². The van der Waals surface area contributed by atoms with Crippen LogP contribution in [0.3, 0.4) is 0 Å². The molecule has 0 amide bonds. The number of esters is 1. The molecule has 0 aromatic rings. The Balaban J connectivity index is 2.05. The van der Waals surface area contributed by atoms with Gasteiger partial charge in [-0.15, -0.1) is 0 Å². The molecule has 0 N–H and O–H groups in total. The van der Waals surface area contributed by atoms with Gasteiger partial charge in [-0.25, -0.2) is 0 Å². The van der Waals surface area contributed by atoms with Crippen LogP contribution in [0.5, 0.6) is 0 Å². The zero-order valence-electron chi connectivity index (χ0n) is 16.5. The number of allylic oxidation sites excluding steroid dienone is 1. The van der Waals surface area contributed by atoms with Gasteiger partial charge in [0.1, 0.15) is 0 Å². The lowest BCUT2D eigenvalue weighted by Crippen LogP contribution is -2.62. The molecule has 4 nitrogen and oxygen atoms in total. The lowest BCUT2D eigenvalue weighted by atomic mass is 9.46. The van der Waals surface area contributed by atoms with Crippen LogP contribution >= 0.6 is 0 Å². The fraction of sp³-hybridized carbons (Fsp3) is 0.810. The van der Waals surface area contributed by atoms with Crippen molar-refractivity contribution in [1.82, 2.24) is 0 Å². The average molecular weight is 348 g/mol. The topological polar surface area (TPSA) is 52.6 Å². The molecule has 25 heavy (non-hydrogen) atoms. The van der Waals surface area contributed by atoms with E-state index in [1.54, 1.807) is 0 Å². The maximum Gasteiger partial charge on any atom is 0.308 e. The molecule has 140 valence electrons. The van der Waals surface area contributed by atoms with E-state index in [1.165, 1.54) is 7.11 Å². The highest BCUT2D eigenvalue weighted by molar-refractivity contribution is 5.95. The summed E-state index contributed by atoms with van der Waals surface area (Å²) in [4.78, 5) is 24.9. The van der Waals surface area contributed by atoms with Gasteiger partial charge in [-0.2, -0.15) is 0 Å². The first-order chi connectivity index (χ1) is 11.5. The second-order valence-electron chi connectivity index (χ2n) is 9.55. The minimum atomic E-state index is -0.530. The van der Waals surface area contributed by atoms with Crippen LogP contribution in [0.15, 0.2) is 11.6 Å². The van der Waals surface area contributed by atoms with Crippen LogP contribution in [0.4, 0.5) is 0 Å². The third kappa shape index (κ3) is 2.59. The summed E-state index contributed by atoms with van der Waals surface area (Å²) in [5, 5.41) is 0. The molecule has 1 heterocycles. The number of ether oxygens (including phenoxy) is 2. The van der Waals surface area contributed by atoms with Crippen LogP contribution in [-0.4, -0.2) is 30.1 Å². The van der Waals surface area contributed by atoms with Gasteiger partial charge in [-0.1, -0.05) is 27.2 Å². The third-order valence-electron chi connectivity index (χ3n) is 7.31. The van der Waals surface area contributed by atoms with Crippen molar-refractivity contribution >= 4 is 11.8 Å². The molecule has 0 unspecified atom stereocenters. The van der Waals surface area contributed by atoms with Crippen molar-refractivity contribution in [2.45, 2.75) is 84.3 Å². The Labute approximate surface area is 151 Å². The molecule has 0 bridgehead atoms. The summed E-state index contributed by atoms with van der Waals surface area (Å²) in [5.41, 5.74) is -0.205. The highest BCUT2D eigenvalue weighted by atomic mass is 16.5. The molecule has 1 aliphatic heterocycles. The smallest absolute Gasteiger partial charge is 0.308 e. The summed E-state index contributed by atoms with van der Waals surface area (Å²) < 4.78 is 11.6. The van der Waals surface area contributed by atoms with Crippen LogP contribution < -0.4 is 0 Å². The first-order valence-corrected chi connectivity index (χ1v) is 9.49. The minimum absolute atomic E-state index is 0.0288. The highest BCUT2D eigenvalue weighted by Gasteiger charge is 2.66. The van der Waals surface area contributed by atoms with Crippen molar-refractivity contribution in [2.24, 2.45) is 16.7 Å². The van der Waals surface area contributed by atoms with Crippen LogP contribution in [0.1, 0.15) is 73.1 Å². The van der Waals surface area contributed by atoms with Gasteiger partial charge in [0.2, 0.25) is 0 Å². The summed E-state index contributed by atoms with van der Waals surface area (Å²) in [7, 11) is 1.42. The SMILES string of the molecule is COC(=O)C[C@@]1(C)CC[C@@]2(O1)C(C)=CC(=O)[C@@H]1C(C)(C)CCC[C@@]12C. The average Bonchev–Trinajstić information content (AvgIpc) is 2.84. The second kappa shape index (κ2) is 5.67. The quantitative estimate of drug-likeness (QED) is 0.701. The Bertz CT molecular complexity index is 634. The second-order valence-corrected chi connectivity index (χ2v) is 9.55. The maximum absolute atomic E-state index is 13.0. The Morgan fingerprint density at radius 2 is 1.88 bits per heavy atom. The number of carbonyl (C=O) groups excluding carboxylic acids is 2. The molecule has 3 rings (SSSR count). The van der Waals surface area contributed by atoms with E-state index in [0.29, 0.717) is 0 Å². The number of fused-ring (bicyclic) bond motifs is 2. The number of ketones is 1. The van der Waals surface area contributed by atoms with E-state index in [0.717, 1.165) is 37.7 Å². The first-order valence-electron chi connectivity index (χ1n) is 9.49. The van der Waals surface area contributed by atoms with E-state index in [2.05, 4.69) is 20.8 Å². The van der Waals surface area contributed by atoms with Crippen molar-refractivity contribution in [2.75, 3.05) is 7.11 Å². The van der Waals surface area contributed by atoms with E-state index in [-0.39, 0.29) is 34.9 Å². The fourth-order valence-electron chi connectivity index (χ4n) is 6.21. The van der Waals surface area contributed by atoms with Crippen LogP contribution in [0.25, 0.3) is 0 Å². The normalized spacial score (nSPS) is 42.9. The number of methoxy groups -OCH3 is 1. The van der Waals surface area contributed by atoms with E-state index in [1.807, 2.05) is 19.9 Å². The standard InChI is InChI=1S/C21H32O4/c1-14-12-15(22)17-18(2,3)8-7-9-20(17,5)21(14)11-10-19(4,25-21)13-16(23)24-6/h12,17H,7-11,13H2,1-6H3/t17-,19-,20+,21-/m1/s1. The van der Waals surface area contributed by atoms with Crippen molar-refractivity contribution < 1.29 is 19.1 Å². The Hall–Kier alpha value is -1.16. The predicted molar refractivity (Wildman–Crippen MR) is 96.1 cm³/mol. The van der Waals surface area contributed by atoms with Gasteiger partial charge >= 0.3 is 5.97 Å². The van der Waals surface area contributed by atoms with E-state index >= 15 is 0 Å². The summed E-state index contributed by atoms with van der Waals surface area (Å²) in [6, 6.07) is 0. The van der Waals surface area contributed by atoms with Crippen molar-refractivity contribution in [3.05, 3.63) is 11.6 Å². The van der Waals surface area contributed by atoms with E-state index < -0.39 is 11.2 Å². The summed E-state index contributed by atoms with van der Waals surface area (Å²) in [6.45, 7) is 10.7.